The van der Waals surface area contributed by atoms with Crippen molar-refractivity contribution in [1.29, 1.82) is 0 Å². The summed E-state index contributed by atoms with van der Waals surface area (Å²) in [6.07, 6.45) is 16.0. The zero-order valence-electron chi connectivity index (χ0n) is 12.7. The van der Waals surface area contributed by atoms with E-state index in [0.717, 1.165) is 18.8 Å². The van der Waals surface area contributed by atoms with Gasteiger partial charge >= 0.3 is 0 Å². The number of hydrogen-bond acceptors (Lipinski definition) is 3. The summed E-state index contributed by atoms with van der Waals surface area (Å²) < 4.78 is 0. The third kappa shape index (κ3) is 8.25. The van der Waals surface area contributed by atoms with E-state index in [1.54, 1.807) is 0 Å². The minimum Gasteiger partial charge on any atom is -0.287 e. The van der Waals surface area contributed by atoms with Crippen molar-refractivity contribution in [3.05, 3.63) is 0 Å². The average molecular weight is 268 g/mol. The molecule has 0 radical (unpaired) electrons. The minimum atomic E-state index is 0.688. The van der Waals surface area contributed by atoms with Crippen molar-refractivity contribution in [3.8, 4) is 0 Å². The summed E-state index contributed by atoms with van der Waals surface area (Å²) in [7, 11) is 0. The van der Waals surface area contributed by atoms with Gasteiger partial charge in [0.25, 0.3) is 0 Å². The normalized spacial score (nSPS) is 15.1. The summed E-state index contributed by atoms with van der Waals surface area (Å²) in [6, 6.07) is 0. The van der Waals surface area contributed by atoms with Crippen molar-refractivity contribution in [3.63, 3.8) is 0 Å². The maximum atomic E-state index is 9.45. The molecule has 0 aromatic heterocycles. The molecule has 0 spiro atoms. The van der Waals surface area contributed by atoms with E-state index in [2.05, 4.69) is 11.9 Å². The van der Waals surface area contributed by atoms with E-state index in [1.807, 2.05) is 0 Å². The molecule has 1 rings (SSSR count). The van der Waals surface area contributed by atoms with Crippen LogP contribution >= 0.6 is 0 Å². The Morgan fingerprint density at radius 2 is 1.42 bits per heavy atom. The highest BCUT2D eigenvalue weighted by atomic mass is 16.5. The van der Waals surface area contributed by atoms with Crippen molar-refractivity contribution in [2.24, 2.45) is 4.99 Å². The van der Waals surface area contributed by atoms with Crippen molar-refractivity contribution in [2.45, 2.75) is 84.0 Å². The molecule has 0 aromatic rings. The van der Waals surface area contributed by atoms with E-state index in [4.69, 9.17) is 0 Å². The number of aliphatic imine (C=N–C) groups is 1. The summed E-state index contributed by atoms with van der Waals surface area (Å²) >= 11 is 0. The molecule has 0 unspecified atom stereocenters. The fourth-order valence-electron chi connectivity index (χ4n) is 2.64. The van der Waals surface area contributed by atoms with Gasteiger partial charge in [-0.05, 0) is 6.42 Å². The lowest BCUT2D eigenvalue weighted by atomic mass is 10.1. The van der Waals surface area contributed by atoms with Gasteiger partial charge in [-0.2, -0.15) is 0 Å². The van der Waals surface area contributed by atoms with Crippen LogP contribution in [0.5, 0.6) is 0 Å². The monoisotopic (exact) mass is 268 g/mol. The maximum Gasteiger partial charge on any atom is 0.123 e. The number of amidine groups is 1. The molecule has 3 nitrogen and oxygen atoms in total. The molecule has 0 aromatic carbocycles. The Morgan fingerprint density at radius 1 is 0.895 bits per heavy atom. The number of rotatable bonds is 12. The summed E-state index contributed by atoms with van der Waals surface area (Å²) in [4.78, 5) is 4.29. The quantitative estimate of drug-likeness (QED) is 0.516. The first kappa shape index (κ1) is 16.5. The minimum absolute atomic E-state index is 0.688. The first-order chi connectivity index (χ1) is 9.34. The number of hydroxylamine groups is 2. The maximum absolute atomic E-state index is 9.45. The van der Waals surface area contributed by atoms with Gasteiger partial charge in [-0.3, -0.25) is 10.2 Å². The standard InChI is InChI=1S/C16H32N2O/c1-2-3-4-5-6-7-8-9-10-11-12-13-16-17-14-15-18(16)19/h19H,2-15H2,1H3. The number of nitrogens with zero attached hydrogens (tertiary/aromatic N) is 2. The number of unbranched alkanes of at least 4 members (excludes halogenated alkanes) is 10. The van der Waals surface area contributed by atoms with E-state index in [-0.39, 0.29) is 0 Å². The van der Waals surface area contributed by atoms with Gasteiger partial charge in [0.2, 0.25) is 0 Å². The van der Waals surface area contributed by atoms with Crippen LogP contribution in [0.25, 0.3) is 0 Å². The van der Waals surface area contributed by atoms with Crippen LogP contribution in [0.15, 0.2) is 4.99 Å². The Kier molecular flexibility index (Phi) is 9.78. The van der Waals surface area contributed by atoms with Crippen molar-refractivity contribution in [2.75, 3.05) is 13.1 Å². The van der Waals surface area contributed by atoms with Gasteiger partial charge in [-0.25, -0.2) is 5.06 Å². The zero-order chi connectivity index (χ0) is 13.8. The van der Waals surface area contributed by atoms with Gasteiger partial charge in [-0.15, -0.1) is 0 Å². The van der Waals surface area contributed by atoms with Crippen LogP contribution in [0.4, 0.5) is 0 Å². The summed E-state index contributed by atoms with van der Waals surface area (Å²) in [5.74, 6) is 0.899. The lowest BCUT2D eigenvalue weighted by Crippen LogP contribution is -2.23. The van der Waals surface area contributed by atoms with Crippen molar-refractivity contribution >= 4 is 5.84 Å². The Labute approximate surface area is 119 Å². The van der Waals surface area contributed by atoms with E-state index in [9.17, 15) is 5.21 Å². The van der Waals surface area contributed by atoms with Crippen LogP contribution in [-0.2, 0) is 0 Å². The predicted octanol–water partition coefficient (Wildman–Crippen LogP) is 4.79. The topological polar surface area (TPSA) is 35.8 Å². The second-order valence-electron chi connectivity index (χ2n) is 5.71. The SMILES string of the molecule is CCCCCCCCCCCCCC1=NCCN1O. The van der Waals surface area contributed by atoms with Crippen LogP contribution < -0.4 is 0 Å². The van der Waals surface area contributed by atoms with Crippen LogP contribution in [0.3, 0.4) is 0 Å². The molecular formula is C16H32N2O. The molecule has 0 bridgehead atoms. The molecule has 19 heavy (non-hydrogen) atoms. The van der Waals surface area contributed by atoms with Crippen LogP contribution in [0.1, 0.15) is 84.0 Å². The van der Waals surface area contributed by atoms with Gasteiger partial charge in [0.05, 0.1) is 13.1 Å². The van der Waals surface area contributed by atoms with Crippen LogP contribution in [0.2, 0.25) is 0 Å². The van der Waals surface area contributed by atoms with E-state index in [0.29, 0.717) is 6.54 Å². The van der Waals surface area contributed by atoms with Gasteiger partial charge in [0.15, 0.2) is 0 Å². The molecule has 0 saturated heterocycles. The van der Waals surface area contributed by atoms with Crippen molar-refractivity contribution < 1.29 is 5.21 Å². The van der Waals surface area contributed by atoms with Crippen molar-refractivity contribution in [1.82, 2.24) is 5.06 Å². The fraction of sp³-hybridized carbons (Fsp3) is 0.938. The summed E-state index contributed by atoms with van der Waals surface area (Å²) in [6.45, 7) is 3.73. The van der Waals surface area contributed by atoms with Gasteiger partial charge < -0.3 is 0 Å². The molecular weight excluding hydrogens is 236 g/mol. The lowest BCUT2D eigenvalue weighted by Gasteiger charge is -2.10. The molecule has 1 N–H and O–H groups in total. The zero-order valence-corrected chi connectivity index (χ0v) is 12.7. The predicted molar refractivity (Wildman–Crippen MR) is 81.9 cm³/mol. The Morgan fingerprint density at radius 3 is 1.89 bits per heavy atom. The third-order valence-corrected chi connectivity index (χ3v) is 3.91. The number of hydrogen-bond donors (Lipinski definition) is 1. The Balaban J connectivity index is 1.76. The second-order valence-corrected chi connectivity index (χ2v) is 5.71. The largest absolute Gasteiger partial charge is 0.287 e. The smallest absolute Gasteiger partial charge is 0.123 e. The fourth-order valence-corrected chi connectivity index (χ4v) is 2.64. The highest BCUT2D eigenvalue weighted by molar-refractivity contribution is 5.82. The molecule has 3 heteroatoms. The molecule has 0 atom stereocenters. The molecule has 0 saturated carbocycles. The molecule has 1 aliphatic rings. The van der Waals surface area contributed by atoms with Gasteiger partial charge in [-0.1, -0.05) is 71.1 Å². The van der Waals surface area contributed by atoms with Crippen LogP contribution in [-0.4, -0.2) is 29.2 Å². The molecule has 0 amide bonds. The molecule has 0 fully saturated rings. The summed E-state index contributed by atoms with van der Waals surface area (Å²) in [5, 5.41) is 10.8. The third-order valence-electron chi connectivity index (χ3n) is 3.91. The molecule has 1 heterocycles. The van der Waals surface area contributed by atoms with Gasteiger partial charge in [0, 0.05) is 6.42 Å². The lowest BCUT2D eigenvalue weighted by molar-refractivity contribution is -0.00500. The first-order valence-corrected chi connectivity index (χ1v) is 8.34. The van der Waals surface area contributed by atoms with Crippen LogP contribution in [0, 0.1) is 0 Å². The molecule has 0 aliphatic carbocycles. The molecule has 112 valence electrons. The Bertz CT molecular complexity index is 241. The van der Waals surface area contributed by atoms with E-state index >= 15 is 0 Å². The second kappa shape index (κ2) is 11.3. The molecule has 1 aliphatic heterocycles. The highest BCUT2D eigenvalue weighted by Gasteiger charge is 2.12. The summed E-state index contributed by atoms with van der Waals surface area (Å²) in [5.41, 5.74) is 0. The highest BCUT2D eigenvalue weighted by Crippen LogP contribution is 2.13. The average Bonchev–Trinajstić information content (AvgIpc) is 2.82. The Hall–Kier alpha value is -0.570. The first-order valence-electron chi connectivity index (χ1n) is 8.34. The van der Waals surface area contributed by atoms with E-state index < -0.39 is 0 Å². The van der Waals surface area contributed by atoms with Gasteiger partial charge in [0.1, 0.15) is 5.84 Å². The van der Waals surface area contributed by atoms with E-state index in [1.165, 1.54) is 75.7 Å².